The van der Waals surface area contributed by atoms with E-state index >= 15 is 0 Å². The maximum atomic E-state index is 6.01. The van der Waals surface area contributed by atoms with Crippen molar-refractivity contribution in [2.24, 2.45) is 10.9 Å². The molecule has 2 atom stereocenters. The van der Waals surface area contributed by atoms with Crippen LogP contribution >= 0.6 is 11.3 Å². The Balaban J connectivity index is 1.19. The summed E-state index contributed by atoms with van der Waals surface area (Å²) in [6, 6.07) is 12.2. The zero-order valence-corrected chi connectivity index (χ0v) is 17.8. The lowest BCUT2D eigenvalue weighted by molar-refractivity contribution is 0.0935. The van der Waals surface area contributed by atoms with Gasteiger partial charge in [0.2, 0.25) is 0 Å². The molecule has 0 radical (unpaired) electrons. The summed E-state index contributed by atoms with van der Waals surface area (Å²) in [5.41, 5.74) is 0. The predicted octanol–water partition coefficient (Wildman–Crippen LogP) is 2.97. The van der Waals surface area contributed by atoms with E-state index in [0.717, 1.165) is 37.1 Å². The smallest absolute Gasteiger partial charge is 0.191 e. The Morgan fingerprint density at radius 3 is 2.86 bits per heavy atom. The fourth-order valence-electron chi connectivity index (χ4n) is 3.92. The molecule has 0 bridgehead atoms. The first kappa shape index (κ1) is 20.0. The second-order valence-electron chi connectivity index (χ2n) is 7.65. The van der Waals surface area contributed by atoms with E-state index in [1.54, 1.807) is 0 Å². The molecule has 29 heavy (non-hydrogen) atoms. The van der Waals surface area contributed by atoms with Gasteiger partial charge >= 0.3 is 0 Å². The molecule has 0 aliphatic carbocycles. The van der Waals surface area contributed by atoms with Gasteiger partial charge in [0.25, 0.3) is 0 Å². The molecular formula is C22H30N4O2S. The van der Waals surface area contributed by atoms with Gasteiger partial charge in [0.15, 0.2) is 17.5 Å². The van der Waals surface area contributed by atoms with Crippen LogP contribution in [0.3, 0.4) is 0 Å². The van der Waals surface area contributed by atoms with Crippen LogP contribution in [-0.2, 0) is 6.54 Å². The monoisotopic (exact) mass is 414 g/mol. The maximum Gasteiger partial charge on any atom is 0.191 e. The SMILES string of the molecule is CN=C(NCC1CCCN(Cc2cccs2)C1)NCC1COc2ccccc2O1. The quantitative estimate of drug-likeness (QED) is 0.562. The van der Waals surface area contributed by atoms with Crippen LogP contribution in [0.25, 0.3) is 0 Å². The second-order valence-corrected chi connectivity index (χ2v) is 8.69. The summed E-state index contributed by atoms with van der Waals surface area (Å²) in [6.07, 6.45) is 2.50. The zero-order chi connectivity index (χ0) is 19.9. The highest BCUT2D eigenvalue weighted by atomic mass is 32.1. The average Bonchev–Trinajstić information content (AvgIpc) is 3.27. The molecule has 1 aromatic carbocycles. The van der Waals surface area contributed by atoms with Crippen LogP contribution in [0.5, 0.6) is 11.5 Å². The van der Waals surface area contributed by atoms with Gasteiger partial charge in [-0.15, -0.1) is 11.3 Å². The summed E-state index contributed by atoms with van der Waals surface area (Å²) in [4.78, 5) is 8.39. The van der Waals surface area contributed by atoms with E-state index in [9.17, 15) is 0 Å². The van der Waals surface area contributed by atoms with E-state index in [1.165, 1.54) is 24.3 Å². The van der Waals surface area contributed by atoms with Crippen LogP contribution in [-0.4, -0.2) is 56.8 Å². The Bertz CT molecular complexity index is 796. The number of ether oxygens (including phenoxy) is 2. The Morgan fingerprint density at radius 2 is 2.03 bits per heavy atom. The summed E-state index contributed by atoms with van der Waals surface area (Å²) in [5, 5.41) is 9.04. The highest BCUT2D eigenvalue weighted by molar-refractivity contribution is 7.09. The number of aliphatic imine (C=N–C) groups is 1. The number of fused-ring (bicyclic) bond motifs is 1. The standard InChI is InChI=1S/C22H30N4O2S/c1-23-22(25-13-18-16-27-20-8-2-3-9-21(20)28-18)24-12-17-6-4-10-26(14-17)15-19-7-5-11-29-19/h2-3,5,7-9,11,17-18H,4,6,10,12-16H2,1H3,(H2,23,24,25). The van der Waals surface area contributed by atoms with Crippen LogP contribution in [0, 0.1) is 5.92 Å². The highest BCUT2D eigenvalue weighted by Gasteiger charge is 2.22. The topological polar surface area (TPSA) is 58.1 Å². The van der Waals surface area contributed by atoms with E-state index < -0.39 is 0 Å². The van der Waals surface area contributed by atoms with Crippen molar-refractivity contribution in [1.29, 1.82) is 0 Å². The molecule has 2 aromatic rings. The molecule has 2 aliphatic heterocycles. The van der Waals surface area contributed by atoms with Crippen molar-refractivity contribution in [3.05, 3.63) is 46.7 Å². The highest BCUT2D eigenvalue weighted by Crippen LogP contribution is 2.30. The number of thiophene rings is 1. The lowest BCUT2D eigenvalue weighted by atomic mass is 9.98. The lowest BCUT2D eigenvalue weighted by Crippen LogP contribution is -2.47. The van der Waals surface area contributed by atoms with Gasteiger partial charge in [0.1, 0.15) is 12.7 Å². The number of nitrogens with one attached hydrogen (secondary N) is 2. The van der Waals surface area contributed by atoms with Crippen molar-refractivity contribution in [2.75, 3.05) is 39.8 Å². The average molecular weight is 415 g/mol. The number of para-hydroxylation sites is 2. The third kappa shape index (κ3) is 5.64. The third-order valence-corrected chi connectivity index (χ3v) is 6.27. The molecule has 2 aliphatic rings. The van der Waals surface area contributed by atoms with E-state index in [0.29, 0.717) is 19.1 Å². The minimum absolute atomic E-state index is 0.0283. The molecule has 1 saturated heterocycles. The molecule has 3 heterocycles. The second kappa shape index (κ2) is 9.98. The first-order chi connectivity index (χ1) is 14.3. The van der Waals surface area contributed by atoms with Gasteiger partial charge in [-0.3, -0.25) is 9.89 Å². The Labute approximate surface area is 176 Å². The van der Waals surface area contributed by atoms with E-state index in [1.807, 2.05) is 42.6 Å². The van der Waals surface area contributed by atoms with Gasteiger partial charge in [-0.25, -0.2) is 0 Å². The van der Waals surface area contributed by atoms with Gasteiger partial charge in [-0.1, -0.05) is 18.2 Å². The van der Waals surface area contributed by atoms with Crippen LogP contribution < -0.4 is 20.1 Å². The van der Waals surface area contributed by atoms with E-state index in [4.69, 9.17) is 9.47 Å². The Morgan fingerprint density at radius 1 is 1.17 bits per heavy atom. The van der Waals surface area contributed by atoms with Crippen LogP contribution in [0.4, 0.5) is 0 Å². The number of hydrogen-bond donors (Lipinski definition) is 2. The fraction of sp³-hybridized carbons (Fsp3) is 0.500. The van der Waals surface area contributed by atoms with Gasteiger partial charge < -0.3 is 20.1 Å². The molecule has 1 fully saturated rings. The number of piperidine rings is 1. The number of nitrogens with zero attached hydrogens (tertiary/aromatic N) is 2. The largest absolute Gasteiger partial charge is 0.486 e. The predicted molar refractivity (Wildman–Crippen MR) is 118 cm³/mol. The van der Waals surface area contributed by atoms with Gasteiger partial charge in [0.05, 0.1) is 6.54 Å². The molecule has 0 saturated carbocycles. The molecule has 2 unspecified atom stereocenters. The first-order valence-electron chi connectivity index (χ1n) is 10.4. The van der Waals surface area contributed by atoms with Crippen LogP contribution in [0.1, 0.15) is 17.7 Å². The number of hydrogen-bond acceptors (Lipinski definition) is 5. The normalized spacial score (nSPS) is 22.3. The van der Waals surface area contributed by atoms with Crippen LogP contribution in [0.2, 0.25) is 0 Å². The van der Waals surface area contributed by atoms with Gasteiger partial charge in [0, 0.05) is 31.6 Å². The third-order valence-electron chi connectivity index (χ3n) is 5.41. The van der Waals surface area contributed by atoms with Crippen molar-refractivity contribution < 1.29 is 9.47 Å². The van der Waals surface area contributed by atoms with Crippen molar-refractivity contribution >= 4 is 17.3 Å². The molecule has 1 aromatic heterocycles. The van der Waals surface area contributed by atoms with Gasteiger partial charge in [-0.05, 0) is 48.9 Å². The zero-order valence-electron chi connectivity index (χ0n) is 17.0. The summed E-state index contributed by atoms with van der Waals surface area (Å²) < 4.78 is 11.8. The lowest BCUT2D eigenvalue weighted by Gasteiger charge is -2.33. The summed E-state index contributed by atoms with van der Waals surface area (Å²) in [7, 11) is 1.81. The van der Waals surface area contributed by atoms with E-state index in [2.05, 4.69) is 38.0 Å². The van der Waals surface area contributed by atoms with Crippen molar-refractivity contribution in [3.8, 4) is 11.5 Å². The maximum absolute atomic E-state index is 6.01. The molecule has 4 rings (SSSR count). The number of benzene rings is 1. The number of rotatable bonds is 6. The number of likely N-dealkylation sites (tertiary alicyclic amines) is 1. The minimum atomic E-state index is -0.0283. The van der Waals surface area contributed by atoms with Crippen molar-refractivity contribution in [2.45, 2.75) is 25.5 Å². The molecular weight excluding hydrogens is 384 g/mol. The number of guanidine groups is 1. The molecule has 0 spiro atoms. The molecule has 2 N–H and O–H groups in total. The van der Waals surface area contributed by atoms with E-state index in [-0.39, 0.29) is 6.10 Å². The Kier molecular flexibility index (Phi) is 6.90. The summed E-state index contributed by atoms with van der Waals surface area (Å²) in [6.45, 7) is 5.54. The first-order valence-corrected chi connectivity index (χ1v) is 11.3. The van der Waals surface area contributed by atoms with Crippen molar-refractivity contribution in [3.63, 3.8) is 0 Å². The molecule has 6 nitrogen and oxygen atoms in total. The molecule has 0 amide bonds. The molecule has 7 heteroatoms. The molecule has 156 valence electrons. The Hall–Kier alpha value is -2.25. The van der Waals surface area contributed by atoms with Gasteiger partial charge in [-0.2, -0.15) is 0 Å². The summed E-state index contributed by atoms with van der Waals surface area (Å²) in [5.74, 6) is 3.09. The van der Waals surface area contributed by atoms with Crippen molar-refractivity contribution in [1.82, 2.24) is 15.5 Å². The van der Waals surface area contributed by atoms with Crippen LogP contribution in [0.15, 0.2) is 46.8 Å². The fourth-order valence-corrected chi connectivity index (χ4v) is 4.67. The minimum Gasteiger partial charge on any atom is -0.486 e. The summed E-state index contributed by atoms with van der Waals surface area (Å²) >= 11 is 1.85.